The van der Waals surface area contributed by atoms with E-state index in [1.165, 1.54) is 0 Å². The number of nitrogens with two attached hydrogens (primary N) is 1. The summed E-state index contributed by atoms with van der Waals surface area (Å²) in [6.45, 7) is 0. The molecular weight excluding hydrogens is 197 g/mol. The van der Waals surface area contributed by atoms with Crippen LogP contribution in [0.3, 0.4) is 0 Å². The number of imidazole rings is 1. The van der Waals surface area contributed by atoms with Crippen LogP contribution in [0.25, 0.3) is 0 Å². The van der Waals surface area contributed by atoms with Gasteiger partial charge in [-0.25, -0.2) is 4.98 Å². The third-order valence-corrected chi connectivity index (χ3v) is 1.83. The molecule has 1 unspecified atom stereocenters. The lowest BCUT2D eigenvalue weighted by Crippen LogP contribution is -2.20. The Hall–Kier alpha value is -0.690. The Morgan fingerprint density at radius 1 is 1.67 bits per heavy atom. The first-order chi connectivity index (χ1) is 5.63. The van der Waals surface area contributed by atoms with Crippen molar-refractivity contribution in [2.24, 2.45) is 5.73 Å². The molecular formula is C7H7Cl2N3. The summed E-state index contributed by atoms with van der Waals surface area (Å²) in [4.78, 5) is 6.51. The molecule has 0 radical (unpaired) electrons. The number of rotatable bonds is 2. The zero-order chi connectivity index (χ0) is 9.14. The number of hydrogen-bond acceptors (Lipinski definition) is 2. The van der Waals surface area contributed by atoms with Crippen molar-refractivity contribution >= 4 is 23.2 Å². The molecule has 1 heterocycles. The van der Waals surface area contributed by atoms with Gasteiger partial charge >= 0.3 is 0 Å². The van der Waals surface area contributed by atoms with Gasteiger partial charge in [-0.2, -0.15) is 0 Å². The van der Waals surface area contributed by atoms with E-state index in [-0.39, 0.29) is 11.3 Å². The zero-order valence-corrected chi connectivity index (χ0v) is 7.65. The van der Waals surface area contributed by atoms with Crippen molar-refractivity contribution < 1.29 is 0 Å². The monoisotopic (exact) mass is 203 g/mol. The minimum atomic E-state index is -0.362. The van der Waals surface area contributed by atoms with Crippen molar-refractivity contribution in [2.75, 3.05) is 0 Å². The third-order valence-electron chi connectivity index (χ3n) is 1.34. The highest BCUT2D eigenvalue weighted by atomic mass is 35.5. The average molecular weight is 204 g/mol. The fraction of sp³-hybridized carbons (Fsp3) is 0.286. The average Bonchev–Trinajstić information content (AvgIpc) is 2.30. The van der Waals surface area contributed by atoms with Crippen molar-refractivity contribution in [1.82, 2.24) is 9.97 Å². The summed E-state index contributed by atoms with van der Waals surface area (Å²) < 4.78 is 0. The lowest BCUT2D eigenvalue weighted by Gasteiger charge is -2.00. The first-order valence-electron chi connectivity index (χ1n) is 3.25. The SMILES string of the molecule is C#CC(N)Cc1[nH]c(Cl)nc1Cl. The van der Waals surface area contributed by atoms with Crippen LogP contribution in [-0.2, 0) is 6.42 Å². The van der Waals surface area contributed by atoms with Crippen LogP contribution in [0.2, 0.25) is 10.4 Å². The largest absolute Gasteiger partial charge is 0.331 e. The predicted octanol–water partition coefficient (Wildman–Crippen LogP) is 1.22. The quantitative estimate of drug-likeness (QED) is 0.711. The Kier molecular flexibility index (Phi) is 2.99. The first-order valence-corrected chi connectivity index (χ1v) is 4.00. The molecule has 3 nitrogen and oxygen atoms in total. The molecule has 1 aromatic rings. The molecule has 0 saturated heterocycles. The van der Waals surface area contributed by atoms with E-state index in [4.69, 9.17) is 35.4 Å². The van der Waals surface area contributed by atoms with E-state index in [2.05, 4.69) is 15.9 Å². The summed E-state index contributed by atoms with van der Waals surface area (Å²) in [5, 5.41) is 0.574. The summed E-state index contributed by atoms with van der Waals surface area (Å²) in [7, 11) is 0. The number of H-pyrrole nitrogens is 1. The van der Waals surface area contributed by atoms with Crippen LogP contribution >= 0.6 is 23.2 Å². The van der Waals surface area contributed by atoms with E-state index in [0.29, 0.717) is 17.3 Å². The lowest BCUT2D eigenvalue weighted by atomic mass is 10.2. The van der Waals surface area contributed by atoms with Crippen molar-refractivity contribution in [1.29, 1.82) is 0 Å². The maximum atomic E-state index is 5.70. The number of nitrogens with one attached hydrogen (secondary N) is 1. The van der Waals surface area contributed by atoms with Crippen molar-refractivity contribution in [2.45, 2.75) is 12.5 Å². The van der Waals surface area contributed by atoms with Crippen molar-refractivity contribution in [3.8, 4) is 12.3 Å². The molecule has 1 aromatic heterocycles. The minimum Gasteiger partial charge on any atom is -0.331 e. The highest BCUT2D eigenvalue weighted by Gasteiger charge is 2.09. The molecule has 12 heavy (non-hydrogen) atoms. The molecule has 3 N–H and O–H groups in total. The highest BCUT2D eigenvalue weighted by molar-refractivity contribution is 6.32. The Morgan fingerprint density at radius 3 is 2.75 bits per heavy atom. The molecule has 1 rings (SSSR count). The molecule has 5 heteroatoms. The normalized spacial score (nSPS) is 12.5. The number of halogens is 2. The van der Waals surface area contributed by atoms with Crippen LogP contribution in [0.1, 0.15) is 5.69 Å². The van der Waals surface area contributed by atoms with Crippen LogP contribution in [0.15, 0.2) is 0 Å². The van der Waals surface area contributed by atoms with E-state index in [9.17, 15) is 0 Å². The van der Waals surface area contributed by atoms with Gasteiger partial charge in [0.15, 0.2) is 5.15 Å². The fourth-order valence-corrected chi connectivity index (χ4v) is 1.22. The summed E-state index contributed by atoms with van der Waals surface area (Å²) in [6, 6.07) is -0.362. The maximum Gasteiger partial charge on any atom is 0.201 e. The molecule has 0 aliphatic carbocycles. The molecule has 0 amide bonds. The van der Waals surface area contributed by atoms with E-state index in [0.717, 1.165) is 0 Å². The highest BCUT2D eigenvalue weighted by Crippen LogP contribution is 2.16. The number of terminal acetylenes is 1. The van der Waals surface area contributed by atoms with Crippen molar-refractivity contribution in [3.63, 3.8) is 0 Å². The molecule has 1 atom stereocenters. The molecule has 0 aromatic carbocycles. The fourth-order valence-electron chi connectivity index (χ4n) is 0.772. The zero-order valence-electron chi connectivity index (χ0n) is 6.14. The third kappa shape index (κ3) is 2.15. The Bertz CT molecular complexity index is 313. The molecule has 0 bridgehead atoms. The van der Waals surface area contributed by atoms with E-state index < -0.39 is 0 Å². The Morgan fingerprint density at radius 2 is 2.33 bits per heavy atom. The standard InChI is InChI=1S/C7H7Cl2N3/c1-2-4(10)3-5-6(8)12-7(9)11-5/h1,4H,3,10H2,(H,11,12). The summed E-state index contributed by atoms with van der Waals surface area (Å²) in [6.07, 6.45) is 5.54. The Balaban J connectivity index is 2.76. The van der Waals surface area contributed by atoms with Crippen LogP contribution in [0, 0.1) is 12.3 Å². The van der Waals surface area contributed by atoms with Gasteiger partial charge in [0.25, 0.3) is 0 Å². The second-order valence-electron chi connectivity index (χ2n) is 2.27. The van der Waals surface area contributed by atoms with Crippen LogP contribution in [0.4, 0.5) is 0 Å². The molecule has 0 aliphatic rings. The van der Waals surface area contributed by atoms with Gasteiger partial charge in [-0.3, -0.25) is 0 Å². The van der Waals surface area contributed by atoms with Gasteiger partial charge in [-0.1, -0.05) is 17.5 Å². The molecule has 0 aliphatic heterocycles. The number of nitrogens with zero attached hydrogens (tertiary/aromatic N) is 1. The van der Waals surface area contributed by atoms with Gasteiger partial charge in [0, 0.05) is 6.42 Å². The molecule has 0 saturated carbocycles. The summed E-state index contributed by atoms with van der Waals surface area (Å²) >= 11 is 11.2. The number of aromatic amines is 1. The van der Waals surface area contributed by atoms with Crippen LogP contribution < -0.4 is 5.73 Å². The second kappa shape index (κ2) is 3.81. The van der Waals surface area contributed by atoms with Crippen LogP contribution in [0.5, 0.6) is 0 Å². The maximum absolute atomic E-state index is 5.70. The van der Waals surface area contributed by atoms with Crippen molar-refractivity contribution in [3.05, 3.63) is 16.1 Å². The van der Waals surface area contributed by atoms with Gasteiger partial charge in [0.1, 0.15) is 0 Å². The molecule has 0 spiro atoms. The van der Waals surface area contributed by atoms with Gasteiger partial charge in [-0.15, -0.1) is 6.42 Å². The van der Waals surface area contributed by atoms with Gasteiger partial charge < -0.3 is 10.7 Å². The van der Waals surface area contributed by atoms with E-state index in [1.54, 1.807) is 0 Å². The Labute approximate surface area is 80.3 Å². The van der Waals surface area contributed by atoms with Gasteiger partial charge in [0.05, 0.1) is 11.7 Å². The summed E-state index contributed by atoms with van der Waals surface area (Å²) in [5.41, 5.74) is 6.17. The lowest BCUT2D eigenvalue weighted by molar-refractivity contribution is 0.816. The van der Waals surface area contributed by atoms with E-state index >= 15 is 0 Å². The number of aromatic nitrogens is 2. The molecule has 64 valence electrons. The number of hydrogen-bond donors (Lipinski definition) is 2. The summed E-state index contributed by atoms with van der Waals surface area (Å²) in [5.74, 6) is 2.38. The predicted molar refractivity (Wildman–Crippen MR) is 49.1 cm³/mol. The van der Waals surface area contributed by atoms with E-state index in [1.807, 2.05) is 0 Å². The van der Waals surface area contributed by atoms with Crippen LogP contribution in [-0.4, -0.2) is 16.0 Å². The first kappa shape index (κ1) is 9.40. The van der Waals surface area contributed by atoms with Gasteiger partial charge in [-0.05, 0) is 11.6 Å². The second-order valence-corrected chi connectivity index (χ2v) is 2.99. The smallest absolute Gasteiger partial charge is 0.201 e. The van der Waals surface area contributed by atoms with Gasteiger partial charge in [0.2, 0.25) is 5.28 Å². The molecule has 0 fully saturated rings. The topological polar surface area (TPSA) is 54.7 Å². The minimum absolute atomic E-state index is 0.249.